The second-order valence-corrected chi connectivity index (χ2v) is 6.57. The number of likely N-dealkylation sites (N-methyl/N-ethyl adjacent to an activating group) is 1. The highest BCUT2D eigenvalue weighted by Crippen LogP contribution is 2.30. The number of amides is 1. The van der Waals surface area contributed by atoms with E-state index in [9.17, 15) is 4.79 Å². The van der Waals surface area contributed by atoms with Gasteiger partial charge in [-0.15, -0.1) is 0 Å². The molecule has 1 saturated heterocycles. The molecule has 1 aromatic rings. The van der Waals surface area contributed by atoms with Crippen LogP contribution in [0.1, 0.15) is 5.56 Å². The maximum atomic E-state index is 12.5. The van der Waals surface area contributed by atoms with Gasteiger partial charge in [0.25, 0.3) is 0 Å². The maximum Gasteiger partial charge on any atom is 0.227 e. The first-order chi connectivity index (χ1) is 11.5. The Morgan fingerprint density at radius 1 is 1.17 bits per heavy atom. The highest BCUT2D eigenvalue weighted by Gasteiger charge is 2.28. The van der Waals surface area contributed by atoms with Gasteiger partial charge in [-0.05, 0) is 19.2 Å². The minimum absolute atomic E-state index is 0.0202. The third-order valence-corrected chi connectivity index (χ3v) is 4.51. The Bertz CT molecular complexity index is 540. The molecule has 134 valence electrons. The zero-order valence-electron chi connectivity index (χ0n) is 15.4. The van der Waals surface area contributed by atoms with Crippen molar-refractivity contribution in [3.8, 4) is 11.5 Å². The third kappa shape index (κ3) is 4.39. The van der Waals surface area contributed by atoms with Crippen LogP contribution in [0.4, 0.5) is 0 Å². The zero-order chi connectivity index (χ0) is 17.7. The van der Waals surface area contributed by atoms with Gasteiger partial charge >= 0.3 is 0 Å². The fourth-order valence-corrected chi connectivity index (χ4v) is 3.21. The first kappa shape index (κ1) is 18.5. The van der Waals surface area contributed by atoms with Crippen molar-refractivity contribution in [3.05, 3.63) is 23.8 Å². The molecule has 1 aliphatic rings. The van der Waals surface area contributed by atoms with Crippen LogP contribution < -0.4 is 9.47 Å². The van der Waals surface area contributed by atoms with Crippen LogP contribution in [0.25, 0.3) is 0 Å². The smallest absolute Gasteiger partial charge is 0.227 e. The van der Waals surface area contributed by atoms with Gasteiger partial charge in [0.05, 0.1) is 25.7 Å². The Labute approximate surface area is 144 Å². The van der Waals surface area contributed by atoms with Gasteiger partial charge in [-0.2, -0.15) is 0 Å². The van der Waals surface area contributed by atoms with E-state index in [1.807, 2.05) is 32.3 Å². The fourth-order valence-electron chi connectivity index (χ4n) is 3.21. The predicted octanol–water partition coefficient (Wildman–Crippen LogP) is 1.16. The number of carbonyl (C=O) groups excluding carboxylic acids is 1. The van der Waals surface area contributed by atoms with Gasteiger partial charge in [0.2, 0.25) is 5.91 Å². The summed E-state index contributed by atoms with van der Waals surface area (Å²) in [7, 11) is 9.06. The summed E-state index contributed by atoms with van der Waals surface area (Å²) in [6.07, 6.45) is 0. The number of nitrogens with zero attached hydrogens (tertiary/aromatic N) is 3. The topological polar surface area (TPSA) is 45.3 Å². The summed E-state index contributed by atoms with van der Waals surface area (Å²) >= 11 is 0. The van der Waals surface area contributed by atoms with E-state index in [0.717, 1.165) is 43.2 Å². The van der Waals surface area contributed by atoms with E-state index in [4.69, 9.17) is 9.47 Å². The van der Waals surface area contributed by atoms with Gasteiger partial charge in [-0.3, -0.25) is 9.69 Å². The van der Waals surface area contributed by atoms with E-state index in [1.165, 1.54) is 0 Å². The van der Waals surface area contributed by atoms with Gasteiger partial charge in [-0.25, -0.2) is 0 Å². The molecule has 24 heavy (non-hydrogen) atoms. The molecule has 1 heterocycles. The van der Waals surface area contributed by atoms with E-state index in [2.05, 4.69) is 16.8 Å². The number of methoxy groups -OCH3 is 2. The van der Waals surface area contributed by atoms with Gasteiger partial charge in [0.15, 0.2) is 0 Å². The van der Waals surface area contributed by atoms with Crippen molar-refractivity contribution >= 4 is 5.91 Å². The average Bonchev–Trinajstić information content (AvgIpc) is 2.76. The third-order valence-electron chi connectivity index (χ3n) is 4.51. The largest absolute Gasteiger partial charge is 0.496 e. The number of benzene rings is 1. The number of carbonyl (C=O) groups is 1. The molecule has 1 amide bonds. The quantitative estimate of drug-likeness (QED) is 0.808. The molecule has 0 N–H and O–H groups in total. The molecule has 0 aliphatic carbocycles. The van der Waals surface area contributed by atoms with Crippen molar-refractivity contribution < 1.29 is 14.3 Å². The van der Waals surface area contributed by atoms with Crippen molar-refractivity contribution in [1.82, 2.24) is 14.7 Å². The predicted molar refractivity (Wildman–Crippen MR) is 94.5 cm³/mol. The summed E-state index contributed by atoms with van der Waals surface area (Å²) < 4.78 is 11.0. The Kier molecular flexibility index (Phi) is 6.45. The van der Waals surface area contributed by atoms with Gasteiger partial charge in [0.1, 0.15) is 11.5 Å². The van der Waals surface area contributed by atoms with Crippen molar-refractivity contribution in [2.75, 3.05) is 61.5 Å². The van der Waals surface area contributed by atoms with Crippen molar-refractivity contribution in [3.63, 3.8) is 0 Å². The van der Waals surface area contributed by atoms with Crippen LogP contribution in [0.15, 0.2) is 18.2 Å². The van der Waals surface area contributed by atoms with E-state index >= 15 is 0 Å². The van der Waals surface area contributed by atoms with Crippen molar-refractivity contribution in [1.29, 1.82) is 0 Å². The standard InChI is InChI=1S/C18H29N3O3/c1-19(2)18(22)14-11-20(3)9-10-21(12-14)13-15-16(23-4)7-6-8-17(15)24-5/h6-8,14H,9-13H2,1-5H3/t14-/m0/s1. The second kappa shape index (κ2) is 8.35. The summed E-state index contributed by atoms with van der Waals surface area (Å²) in [4.78, 5) is 18.7. The SMILES string of the molecule is COc1cccc(OC)c1CN1CCN(C)C[C@H](C(=O)N(C)C)C1. The molecule has 0 unspecified atom stereocenters. The highest BCUT2D eigenvalue weighted by atomic mass is 16.5. The minimum Gasteiger partial charge on any atom is -0.496 e. The Morgan fingerprint density at radius 3 is 2.33 bits per heavy atom. The lowest BCUT2D eigenvalue weighted by atomic mass is 10.1. The van der Waals surface area contributed by atoms with Crippen LogP contribution in [-0.4, -0.2) is 82.1 Å². The summed E-state index contributed by atoms with van der Waals surface area (Å²) in [5.41, 5.74) is 1.03. The Morgan fingerprint density at radius 2 is 1.79 bits per heavy atom. The molecule has 6 heteroatoms. The lowest BCUT2D eigenvalue weighted by Gasteiger charge is -2.26. The first-order valence-corrected chi connectivity index (χ1v) is 8.28. The van der Waals surface area contributed by atoms with Gasteiger partial charge in [0, 0.05) is 46.8 Å². The fraction of sp³-hybridized carbons (Fsp3) is 0.611. The number of rotatable bonds is 5. The molecule has 0 bridgehead atoms. The molecule has 1 atom stereocenters. The summed E-state index contributed by atoms with van der Waals surface area (Å²) in [6.45, 7) is 4.08. The van der Waals surface area contributed by atoms with Crippen LogP contribution in [-0.2, 0) is 11.3 Å². The highest BCUT2D eigenvalue weighted by molar-refractivity contribution is 5.78. The van der Waals surface area contributed by atoms with E-state index in [1.54, 1.807) is 19.1 Å². The number of ether oxygens (including phenoxy) is 2. The molecule has 1 aliphatic heterocycles. The Balaban J connectivity index is 2.21. The molecule has 0 radical (unpaired) electrons. The second-order valence-electron chi connectivity index (χ2n) is 6.57. The molecule has 1 fully saturated rings. The van der Waals surface area contributed by atoms with E-state index in [0.29, 0.717) is 6.54 Å². The monoisotopic (exact) mass is 335 g/mol. The molecule has 0 saturated carbocycles. The number of hydrogen-bond donors (Lipinski definition) is 0. The summed E-state index contributed by atoms with van der Waals surface area (Å²) in [5.74, 6) is 1.80. The van der Waals surface area contributed by atoms with Crippen LogP contribution >= 0.6 is 0 Å². The Hall–Kier alpha value is -1.79. The lowest BCUT2D eigenvalue weighted by Crippen LogP contribution is -2.40. The molecule has 1 aromatic carbocycles. The first-order valence-electron chi connectivity index (χ1n) is 8.28. The van der Waals surface area contributed by atoms with E-state index < -0.39 is 0 Å². The average molecular weight is 335 g/mol. The lowest BCUT2D eigenvalue weighted by molar-refractivity contribution is -0.133. The molecular formula is C18H29N3O3. The number of hydrogen-bond acceptors (Lipinski definition) is 5. The molecule has 6 nitrogen and oxygen atoms in total. The van der Waals surface area contributed by atoms with Crippen LogP contribution in [0.3, 0.4) is 0 Å². The van der Waals surface area contributed by atoms with Crippen molar-refractivity contribution in [2.45, 2.75) is 6.54 Å². The molecular weight excluding hydrogens is 306 g/mol. The van der Waals surface area contributed by atoms with Crippen LogP contribution in [0.5, 0.6) is 11.5 Å². The molecule has 2 rings (SSSR count). The normalized spacial score (nSPS) is 19.6. The van der Waals surface area contributed by atoms with Crippen LogP contribution in [0, 0.1) is 5.92 Å². The minimum atomic E-state index is -0.0202. The van der Waals surface area contributed by atoms with Gasteiger partial charge in [-0.1, -0.05) is 6.07 Å². The zero-order valence-corrected chi connectivity index (χ0v) is 15.4. The van der Waals surface area contributed by atoms with Gasteiger partial charge < -0.3 is 19.3 Å². The maximum absolute atomic E-state index is 12.5. The van der Waals surface area contributed by atoms with E-state index in [-0.39, 0.29) is 11.8 Å². The molecule has 0 aromatic heterocycles. The van der Waals surface area contributed by atoms with Crippen LogP contribution in [0.2, 0.25) is 0 Å². The summed E-state index contributed by atoms with van der Waals surface area (Å²) in [5, 5.41) is 0. The molecule has 0 spiro atoms. The van der Waals surface area contributed by atoms with Crippen molar-refractivity contribution in [2.24, 2.45) is 5.92 Å². The summed E-state index contributed by atoms with van der Waals surface area (Å²) in [6, 6.07) is 5.82.